The van der Waals surface area contributed by atoms with Crippen LogP contribution in [0.1, 0.15) is 0 Å². The molecule has 0 radical (unpaired) electrons. The minimum atomic E-state index is 0.572. The molecule has 0 unspecified atom stereocenters. The Kier molecular flexibility index (Phi) is 5.71. The lowest BCUT2D eigenvalue weighted by molar-refractivity contribution is 0.669. The zero-order valence-electron chi connectivity index (χ0n) is 23.9. The lowest BCUT2D eigenvalue weighted by atomic mass is 10.0. The number of hydrogen-bond acceptors (Lipinski definition) is 6. The van der Waals surface area contributed by atoms with Gasteiger partial charge in [-0.1, -0.05) is 103 Å². The Hall–Kier alpha value is -6.27. The zero-order chi connectivity index (χ0) is 29.7. The van der Waals surface area contributed by atoms with Crippen LogP contribution in [0.3, 0.4) is 0 Å². The number of furan rings is 1. The third-order valence-electron chi connectivity index (χ3n) is 8.11. The minimum Gasteiger partial charge on any atom is -0.456 e. The van der Waals surface area contributed by atoms with E-state index in [9.17, 15) is 0 Å². The fourth-order valence-corrected chi connectivity index (χ4v) is 5.83. The molecule has 6 aromatic carbocycles. The summed E-state index contributed by atoms with van der Waals surface area (Å²) in [6.45, 7) is 0. The molecule has 45 heavy (non-hydrogen) atoms. The zero-order valence-corrected chi connectivity index (χ0v) is 23.9. The van der Waals surface area contributed by atoms with Crippen molar-refractivity contribution in [3.63, 3.8) is 0 Å². The van der Waals surface area contributed by atoms with Crippen molar-refractivity contribution in [3.8, 4) is 45.3 Å². The van der Waals surface area contributed by atoms with Crippen LogP contribution in [-0.4, -0.2) is 24.9 Å². The number of aromatic nitrogens is 5. The number of rotatable bonds is 4. The largest absolute Gasteiger partial charge is 0.456 e. The van der Waals surface area contributed by atoms with E-state index in [0.717, 1.165) is 71.8 Å². The summed E-state index contributed by atoms with van der Waals surface area (Å²) >= 11 is 0. The van der Waals surface area contributed by atoms with Gasteiger partial charge in [0, 0.05) is 33.5 Å². The second-order valence-corrected chi connectivity index (χ2v) is 11.0. The molecule has 9 aromatic rings. The predicted octanol–water partition coefficient (Wildman–Crippen LogP) is 9.54. The van der Waals surface area contributed by atoms with Crippen LogP contribution in [-0.2, 0) is 0 Å². The van der Waals surface area contributed by atoms with Crippen LogP contribution >= 0.6 is 0 Å². The van der Waals surface area contributed by atoms with Crippen molar-refractivity contribution in [2.45, 2.75) is 0 Å². The molecule has 9 rings (SSSR count). The summed E-state index contributed by atoms with van der Waals surface area (Å²) in [5, 5.41) is 2.10. The first-order valence-corrected chi connectivity index (χ1v) is 14.8. The van der Waals surface area contributed by atoms with Crippen LogP contribution in [0.15, 0.2) is 144 Å². The van der Waals surface area contributed by atoms with E-state index >= 15 is 0 Å². The fraction of sp³-hybridized carbons (Fsp3) is 0. The molecule has 210 valence electrons. The Morgan fingerprint density at radius 1 is 0.311 bits per heavy atom. The molecule has 3 aromatic heterocycles. The monoisotopic (exact) mass is 577 g/mol. The summed E-state index contributed by atoms with van der Waals surface area (Å²) in [7, 11) is 0. The third kappa shape index (κ3) is 4.48. The van der Waals surface area contributed by atoms with Gasteiger partial charge in [-0.15, -0.1) is 0 Å². The Balaban J connectivity index is 1.17. The van der Waals surface area contributed by atoms with Crippen molar-refractivity contribution in [2.75, 3.05) is 0 Å². The highest BCUT2D eigenvalue weighted by Crippen LogP contribution is 2.33. The van der Waals surface area contributed by atoms with Crippen molar-refractivity contribution in [1.82, 2.24) is 24.9 Å². The smallest absolute Gasteiger partial charge is 0.164 e. The Morgan fingerprint density at radius 3 is 1.58 bits per heavy atom. The fourth-order valence-electron chi connectivity index (χ4n) is 5.83. The average molecular weight is 578 g/mol. The molecule has 3 heterocycles. The number of hydrogen-bond donors (Lipinski definition) is 0. The molecule has 0 atom stereocenters. The van der Waals surface area contributed by atoms with E-state index in [4.69, 9.17) is 29.3 Å². The summed E-state index contributed by atoms with van der Waals surface area (Å²) in [5.41, 5.74) is 9.76. The minimum absolute atomic E-state index is 0.572. The maximum absolute atomic E-state index is 6.11. The molecule has 0 amide bonds. The molecule has 0 spiro atoms. The third-order valence-corrected chi connectivity index (χ3v) is 8.11. The topological polar surface area (TPSA) is 77.6 Å². The number of para-hydroxylation sites is 1. The first-order valence-electron chi connectivity index (χ1n) is 14.8. The molecule has 0 saturated carbocycles. The lowest BCUT2D eigenvalue weighted by Crippen LogP contribution is -2.00. The Morgan fingerprint density at radius 2 is 0.822 bits per heavy atom. The maximum atomic E-state index is 6.11. The van der Waals surface area contributed by atoms with Gasteiger partial charge in [-0.3, -0.25) is 0 Å². The van der Waals surface area contributed by atoms with E-state index in [1.165, 1.54) is 0 Å². The summed E-state index contributed by atoms with van der Waals surface area (Å²) in [4.78, 5) is 24.7. The number of nitrogens with zero attached hydrogens (tertiary/aromatic N) is 5. The van der Waals surface area contributed by atoms with Crippen LogP contribution in [0.25, 0.3) is 89.3 Å². The standard InChI is InChI=1S/C39H23N5O/c1-3-9-24(10-4-1)25-15-17-27(18-16-25)38-42-37(26-11-5-2-6-12-26)43-39(44-38)28-19-20-31-32(21-28)41-34-23-36-30(22-33(34)40-31)29-13-7-8-14-35(29)45-36/h1-23H. The maximum Gasteiger partial charge on any atom is 0.164 e. The SMILES string of the molecule is c1ccc(-c2ccc(-c3nc(-c4ccccc4)nc(-c4ccc5nc6cc7c(cc6nc5c4)oc4ccccc47)n3)cc2)cc1. The van der Waals surface area contributed by atoms with Gasteiger partial charge < -0.3 is 4.42 Å². The molecule has 0 saturated heterocycles. The first kappa shape index (κ1) is 25.2. The molecule has 0 aliphatic heterocycles. The van der Waals surface area contributed by atoms with Crippen LogP contribution < -0.4 is 0 Å². The molecule has 0 N–H and O–H groups in total. The van der Waals surface area contributed by atoms with Crippen LogP contribution in [0.2, 0.25) is 0 Å². The van der Waals surface area contributed by atoms with Gasteiger partial charge in [-0.05, 0) is 41.5 Å². The molecule has 0 aliphatic rings. The summed E-state index contributed by atoms with van der Waals surface area (Å²) in [5.74, 6) is 1.79. The first-order chi connectivity index (χ1) is 22.2. The molecular weight excluding hydrogens is 554 g/mol. The molecule has 6 nitrogen and oxygen atoms in total. The normalized spacial score (nSPS) is 11.6. The second kappa shape index (κ2) is 10.2. The highest BCUT2D eigenvalue weighted by molar-refractivity contribution is 6.09. The van der Waals surface area contributed by atoms with Crippen molar-refractivity contribution >= 4 is 44.0 Å². The highest BCUT2D eigenvalue weighted by Gasteiger charge is 2.15. The predicted molar refractivity (Wildman–Crippen MR) is 179 cm³/mol. The molecule has 6 heteroatoms. The molecule has 0 fully saturated rings. The number of fused-ring (bicyclic) bond motifs is 5. The second-order valence-electron chi connectivity index (χ2n) is 11.0. The van der Waals surface area contributed by atoms with Gasteiger partial charge in [0.25, 0.3) is 0 Å². The van der Waals surface area contributed by atoms with E-state index in [2.05, 4.69) is 48.5 Å². The lowest BCUT2D eigenvalue weighted by Gasteiger charge is -2.10. The van der Waals surface area contributed by atoms with Crippen molar-refractivity contribution in [2.24, 2.45) is 0 Å². The average Bonchev–Trinajstić information content (AvgIpc) is 3.47. The Labute approximate surface area is 257 Å². The summed E-state index contributed by atoms with van der Waals surface area (Å²) in [6, 6.07) is 46.7. The van der Waals surface area contributed by atoms with Crippen molar-refractivity contribution < 1.29 is 4.42 Å². The summed E-state index contributed by atoms with van der Waals surface area (Å²) in [6.07, 6.45) is 0. The van der Waals surface area contributed by atoms with E-state index in [1.807, 2.05) is 91.0 Å². The van der Waals surface area contributed by atoms with Crippen LogP contribution in [0, 0.1) is 0 Å². The molecule has 0 aliphatic carbocycles. The van der Waals surface area contributed by atoms with Crippen molar-refractivity contribution in [1.29, 1.82) is 0 Å². The van der Waals surface area contributed by atoms with E-state index in [-0.39, 0.29) is 0 Å². The van der Waals surface area contributed by atoms with Gasteiger partial charge >= 0.3 is 0 Å². The quantitative estimate of drug-likeness (QED) is 0.194. The van der Waals surface area contributed by atoms with Gasteiger partial charge in [-0.25, -0.2) is 24.9 Å². The van der Waals surface area contributed by atoms with Crippen LogP contribution in [0.4, 0.5) is 0 Å². The number of benzene rings is 6. The van der Waals surface area contributed by atoms with E-state index in [0.29, 0.717) is 17.5 Å². The molecule has 0 bridgehead atoms. The highest BCUT2D eigenvalue weighted by atomic mass is 16.3. The molecular formula is C39H23N5O. The van der Waals surface area contributed by atoms with Gasteiger partial charge in [0.05, 0.1) is 22.1 Å². The van der Waals surface area contributed by atoms with Crippen LogP contribution in [0.5, 0.6) is 0 Å². The van der Waals surface area contributed by atoms with E-state index < -0.39 is 0 Å². The van der Waals surface area contributed by atoms with Gasteiger partial charge in [-0.2, -0.15) is 0 Å². The van der Waals surface area contributed by atoms with Gasteiger partial charge in [0.1, 0.15) is 11.2 Å². The summed E-state index contributed by atoms with van der Waals surface area (Å²) < 4.78 is 6.11. The van der Waals surface area contributed by atoms with Crippen molar-refractivity contribution in [3.05, 3.63) is 140 Å². The van der Waals surface area contributed by atoms with E-state index in [1.54, 1.807) is 0 Å². The van der Waals surface area contributed by atoms with Gasteiger partial charge in [0.2, 0.25) is 0 Å². The Bertz CT molecular complexity index is 2530. The van der Waals surface area contributed by atoms with Gasteiger partial charge in [0.15, 0.2) is 17.5 Å².